The lowest BCUT2D eigenvalue weighted by Crippen LogP contribution is -1.79. The molecule has 0 aromatic carbocycles. The molecule has 1 heterocycles. The van der Waals surface area contributed by atoms with Crippen molar-refractivity contribution >= 4 is 6.21 Å². The van der Waals surface area contributed by atoms with Crippen LogP contribution < -0.4 is 0 Å². The van der Waals surface area contributed by atoms with Gasteiger partial charge in [-0.3, -0.25) is 0 Å². The van der Waals surface area contributed by atoms with Crippen LogP contribution in [0.4, 0.5) is 0 Å². The topological polar surface area (TPSA) is 78.3 Å². The van der Waals surface area contributed by atoms with E-state index < -0.39 is 0 Å². The fraction of sp³-hybridized carbons (Fsp3) is 0. The average molecular weight is 97.1 g/mol. The van der Waals surface area contributed by atoms with Crippen LogP contribution in [0.3, 0.4) is 0 Å². The predicted octanol–water partition coefficient (Wildman–Crippen LogP) is -0.803. The first kappa shape index (κ1) is 3.91. The highest BCUT2D eigenvalue weighted by molar-refractivity contribution is 5.70. The molecule has 5 nitrogen and oxygen atoms in total. The SMILES string of the molecule is N=Cc1nn[nH]n1. The third-order valence-electron chi connectivity index (χ3n) is 0.491. The summed E-state index contributed by atoms with van der Waals surface area (Å²) in [7, 11) is 0. The first-order chi connectivity index (χ1) is 3.43. The Morgan fingerprint density at radius 2 is 2.57 bits per heavy atom. The largest absolute Gasteiger partial charge is 0.305 e. The molecule has 0 bridgehead atoms. The number of nitrogens with one attached hydrogen (secondary N) is 2. The Bertz CT molecular complexity index is 141. The van der Waals surface area contributed by atoms with E-state index >= 15 is 0 Å². The molecule has 2 N–H and O–H groups in total. The van der Waals surface area contributed by atoms with Crippen LogP contribution in [-0.4, -0.2) is 26.8 Å². The third kappa shape index (κ3) is 0.594. The highest BCUT2D eigenvalue weighted by Gasteiger charge is 1.84. The monoisotopic (exact) mass is 97.0 g/mol. The van der Waals surface area contributed by atoms with Crippen LogP contribution in [0.25, 0.3) is 0 Å². The fourth-order valence-electron chi connectivity index (χ4n) is 0.231. The van der Waals surface area contributed by atoms with Crippen LogP contribution in [0.1, 0.15) is 5.82 Å². The summed E-state index contributed by atoms with van der Waals surface area (Å²) in [5, 5.41) is 18.8. The lowest BCUT2D eigenvalue weighted by Gasteiger charge is -1.63. The Hall–Kier alpha value is -1.26. The molecule has 0 aliphatic rings. The van der Waals surface area contributed by atoms with Gasteiger partial charge in [-0.05, 0) is 5.21 Å². The zero-order valence-electron chi connectivity index (χ0n) is 3.42. The van der Waals surface area contributed by atoms with Gasteiger partial charge in [0.1, 0.15) is 0 Å². The van der Waals surface area contributed by atoms with Crippen molar-refractivity contribution in [1.29, 1.82) is 5.41 Å². The van der Waals surface area contributed by atoms with Gasteiger partial charge in [0.15, 0.2) is 0 Å². The summed E-state index contributed by atoms with van der Waals surface area (Å²) in [6.07, 6.45) is 1.02. The van der Waals surface area contributed by atoms with E-state index in [1.807, 2.05) is 0 Å². The molecule has 0 radical (unpaired) electrons. The minimum Gasteiger partial charge on any atom is -0.305 e. The minimum atomic E-state index is 0.306. The fourth-order valence-corrected chi connectivity index (χ4v) is 0.231. The number of aromatic nitrogens is 4. The van der Waals surface area contributed by atoms with Gasteiger partial charge in [0.05, 0.1) is 6.21 Å². The van der Waals surface area contributed by atoms with Crippen LogP contribution >= 0.6 is 0 Å². The summed E-state index contributed by atoms with van der Waals surface area (Å²) >= 11 is 0. The number of tetrazole rings is 1. The Labute approximate surface area is 39.3 Å². The molecule has 0 saturated heterocycles. The molecule has 0 spiro atoms. The second-order valence-corrected chi connectivity index (χ2v) is 0.914. The lowest BCUT2D eigenvalue weighted by molar-refractivity contribution is 0.881. The maximum atomic E-state index is 6.55. The van der Waals surface area contributed by atoms with Gasteiger partial charge in [-0.15, -0.1) is 10.2 Å². The quantitative estimate of drug-likeness (QED) is 0.450. The molecule has 0 atom stereocenters. The van der Waals surface area contributed by atoms with Crippen LogP contribution in [0, 0.1) is 5.41 Å². The molecular formula is C2H3N5. The van der Waals surface area contributed by atoms with Gasteiger partial charge in [0, 0.05) is 0 Å². The van der Waals surface area contributed by atoms with Crippen molar-refractivity contribution in [2.45, 2.75) is 0 Å². The van der Waals surface area contributed by atoms with Gasteiger partial charge < -0.3 is 5.41 Å². The molecule has 0 amide bonds. The van der Waals surface area contributed by atoms with E-state index in [-0.39, 0.29) is 0 Å². The van der Waals surface area contributed by atoms with E-state index in [0.717, 1.165) is 6.21 Å². The smallest absolute Gasteiger partial charge is 0.214 e. The summed E-state index contributed by atoms with van der Waals surface area (Å²) in [5.74, 6) is 0.306. The second-order valence-electron chi connectivity index (χ2n) is 0.914. The number of hydrogen-bond donors (Lipinski definition) is 2. The van der Waals surface area contributed by atoms with Gasteiger partial charge >= 0.3 is 0 Å². The summed E-state index contributed by atoms with van der Waals surface area (Å²) in [6.45, 7) is 0. The van der Waals surface area contributed by atoms with E-state index in [1.54, 1.807) is 0 Å². The summed E-state index contributed by atoms with van der Waals surface area (Å²) in [5.41, 5.74) is 0. The van der Waals surface area contributed by atoms with Gasteiger partial charge in [-0.2, -0.15) is 5.21 Å². The molecule has 5 heteroatoms. The molecule has 1 aromatic rings. The molecule has 0 aliphatic heterocycles. The first-order valence-electron chi connectivity index (χ1n) is 1.67. The first-order valence-corrected chi connectivity index (χ1v) is 1.67. The van der Waals surface area contributed by atoms with Gasteiger partial charge in [0.2, 0.25) is 5.82 Å². The zero-order chi connectivity index (χ0) is 5.11. The van der Waals surface area contributed by atoms with Crippen molar-refractivity contribution in [2.75, 3.05) is 0 Å². The van der Waals surface area contributed by atoms with Gasteiger partial charge in [-0.1, -0.05) is 0 Å². The van der Waals surface area contributed by atoms with Crippen LogP contribution in [0.2, 0.25) is 0 Å². The Balaban J connectivity index is 2.96. The van der Waals surface area contributed by atoms with Crippen molar-refractivity contribution in [3.63, 3.8) is 0 Å². The zero-order valence-corrected chi connectivity index (χ0v) is 3.42. The Morgan fingerprint density at radius 1 is 1.71 bits per heavy atom. The lowest BCUT2D eigenvalue weighted by atomic mass is 10.7. The van der Waals surface area contributed by atoms with Crippen LogP contribution in [0.15, 0.2) is 0 Å². The van der Waals surface area contributed by atoms with Crippen molar-refractivity contribution in [1.82, 2.24) is 20.6 Å². The van der Waals surface area contributed by atoms with E-state index in [0.29, 0.717) is 5.82 Å². The summed E-state index contributed by atoms with van der Waals surface area (Å²) < 4.78 is 0. The van der Waals surface area contributed by atoms with Crippen molar-refractivity contribution < 1.29 is 0 Å². The molecule has 0 fully saturated rings. The molecule has 7 heavy (non-hydrogen) atoms. The van der Waals surface area contributed by atoms with Crippen LogP contribution in [0.5, 0.6) is 0 Å². The molecule has 1 aromatic heterocycles. The molecule has 0 unspecified atom stereocenters. The van der Waals surface area contributed by atoms with Crippen molar-refractivity contribution in [2.24, 2.45) is 0 Å². The highest BCUT2D eigenvalue weighted by atomic mass is 15.5. The Morgan fingerprint density at radius 3 is 2.86 bits per heavy atom. The molecule has 0 saturated carbocycles. The van der Waals surface area contributed by atoms with Crippen molar-refractivity contribution in [3.8, 4) is 0 Å². The maximum absolute atomic E-state index is 6.55. The standard InChI is InChI=1S/C2H3N5/c3-1-2-4-6-7-5-2/h1,3H,(H,4,5,6,7). The number of nitrogens with zero attached hydrogens (tertiary/aromatic N) is 3. The minimum absolute atomic E-state index is 0.306. The third-order valence-corrected chi connectivity index (χ3v) is 0.491. The van der Waals surface area contributed by atoms with E-state index in [2.05, 4.69) is 20.6 Å². The van der Waals surface area contributed by atoms with E-state index in [1.165, 1.54) is 0 Å². The number of hydrogen-bond acceptors (Lipinski definition) is 4. The highest BCUT2D eigenvalue weighted by Crippen LogP contribution is 1.68. The van der Waals surface area contributed by atoms with Gasteiger partial charge in [0.25, 0.3) is 0 Å². The summed E-state index contributed by atoms with van der Waals surface area (Å²) in [4.78, 5) is 0. The number of rotatable bonds is 1. The normalized spacial score (nSPS) is 8.57. The number of H-pyrrole nitrogens is 1. The summed E-state index contributed by atoms with van der Waals surface area (Å²) in [6, 6.07) is 0. The number of aromatic amines is 1. The predicted molar refractivity (Wildman–Crippen MR) is 22.1 cm³/mol. The Kier molecular flexibility index (Phi) is 0.816. The average Bonchev–Trinajstić information content (AvgIpc) is 2.14. The van der Waals surface area contributed by atoms with Crippen molar-refractivity contribution in [3.05, 3.63) is 5.82 Å². The van der Waals surface area contributed by atoms with Gasteiger partial charge in [-0.25, -0.2) is 0 Å². The van der Waals surface area contributed by atoms with E-state index in [9.17, 15) is 0 Å². The molecular weight excluding hydrogens is 94.1 g/mol. The molecule has 36 valence electrons. The van der Waals surface area contributed by atoms with E-state index in [4.69, 9.17) is 5.41 Å². The maximum Gasteiger partial charge on any atom is 0.214 e. The molecule has 0 aliphatic carbocycles. The molecule has 1 rings (SSSR count). The van der Waals surface area contributed by atoms with Crippen LogP contribution in [-0.2, 0) is 0 Å². The second kappa shape index (κ2) is 1.46.